The van der Waals surface area contributed by atoms with Crippen molar-refractivity contribution in [3.05, 3.63) is 29.3 Å². The molecule has 0 aliphatic heterocycles. The first-order valence-electron chi connectivity index (χ1n) is 6.67. The van der Waals surface area contributed by atoms with E-state index in [1.807, 2.05) is 26.0 Å². The minimum absolute atomic E-state index is 0.00734. The number of imide groups is 1. The second-order valence-electron chi connectivity index (χ2n) is 5.23. The number of carboxylic acids is 1. The van der Waals surface area contributed by atoms with E-state index in [-0.39, 0.29) is 18.8 Å². The molecule has 0 bridgehead atoms. The van der Waals surface area contributed by atoms with Crippen molar-refractivity contribution in [1.29, 1.82) is 0 Å². The Kier molecular flexibility index (Phi) is 5.90. The van der Waals surface area contributed by atoms with Gasteiger partial charge in [-0.15, -0.1) is 0 Å². The summed E-state index contributed by atoms with van der Waals surface area (Å²) in [4.78, 5) is 33.8. The third-order valence-corrected chi connectivity index (χ3v) is 2.94. The Balaban J connectivity index is 2.49. The van der Waals surface area contributed by atoms with Crippen molar-refractivity contribution in [1.82, 2.24) is 5.32 Å². The number of amides is 3. The maximum absolute atomic E-state index is 11.7. The van der Waals surface area contributed by atoms with Gasteiger partial charge in [0.2, 0.25) is 5.91 Å². The van der Waals surface area contributed by atoms with Crippen molar-refractivity contribution in [3.63, 3.8) is 0 Å². The predicted octanol–water partition coefficient (Wildman–Crippen LogP) is 2.45. The summed E-state index contributed by atoms with van der Waals surface area (Å²) in [5.41, 5.74) is 2.61. The Morgan fingerprint density at radius 3 is 2.43 bits per heavy atom. The minimum Gasteiger partial charge on any atom is -0.481 e. The molecule has 1 unspecified atom stereocenters. The number of anilines is 1. The van der Waals surface area contributed by atoms with Crippen molar-refractivity contribution in [2.75, 3.05) is 5.32 Å². The SMILES string of the molecule is Cc1ccc(NC(=O)NC(=O)CC(C)CC(=O)O)c(C)c1. The molecule has 0 spiro atoms. The fourth-order valence-electron chi connectivity index (χ4n) is 1.97. The van der Waals surface area contributed by atoms with E-state index in [0.29, 0.717) is 5.69 Å². The molecule has 3 N–H and O–H groups in total. The lowest BCUT2D eigenvalue weighted by molar-refractivity contribution is -0.138. The average Bonchev–Trinajstić information content (AvgIpc) is 2.31. The summed E-state index contributed by atoms with van der Waals surface area (Å²) in [6, 6.07) is 4.93. The topological polar surface area (TPSA) is 95.5 Å². The van der Waals surface area contributed by atoms with Crippen LogP contribution in [0.4, 0.5) is 10.5 Å². The summed E-state index contributed by atoms with van der Waals surface area (Å²) in [6.45, 7) is 5.46. The summed E-state index contributed by atoms with van der Waals surface area (Å²) in [6.07, 6.45) is -0.112. The van der Waals surface area contributed by atoms with Crippen LogP contribution in [0.2, 0.25) is 0 Å². The average molecular weight is 292 g/mol. The summed E-state index contributed by atoms with van der Waals surface area (Å²) < 4.78 is 0. The first-order valence-corrected chi connectivity index (χ1v) is 6.67. The molecule has 0 saturated carbocycles. The molecule has 0 radical (unpaired) electrons. The van der Waals surface area contributed by atoms with E-state index in [1.165, 1.54) is 0 Å². The van der Waals surface area contributed by atoms with Gasteiger partial charge < -0.3 is 10.4 Å². The van der Waals surface area contributed by atoms with Crippen LogP contribution < -0.4 is 10.6 Å². The van der Waals surface area contributed by atoms with Crippen LogP contribution in [0.15, 0.2) is 18.2 Å². The largest absolute Gasteiger partial charge is 0.481 e. The zero-order valence-electron chi connectivity index (χ0n) is 12.4. The summed E-state index contributed by atoms with van der Waals surface area (Å²) in [5, 5.41) is 13.4. The summed E-state index contributed by atoms with van der Waals surface area (Å²) in [5.74, 6) is -1.78. The molecule has 21 heavy (non-hydrogen) atoms. The lowest BCUT2D eigenvalue weighted by Crippen LogP contribution is -2.35. The predicted molar refractivity (Wildman–Crippen MR) is 79.1 cm³/mol. The van der Waals surface area contributed by atoms with Crippen molar-refractivity contribution in [3.8, 4) is 0 Å². The quantitative estimate of drug-likeness (QED) is 0.776. The van der Waals surface area contributed by atoms with Crippen LogP contribution in [-0.2, 0) is 9.59 Å². The van der Waals surface area contributed by atoms with Crippen molar-refractivity contribution in [2.24, 2.45) is 5.92 Å². The summed E-state index contributed by atoms with van der Waals surface area (Å²) >= 11 is 0. The summed E-state index contributed by atoms with van der Waals surface area (Å²) in [7, 11) is 0. The lowest BCUT2D eigenvalue weighted by atomic mass is 10.0. The molecular weight excluding hydrogens is 272 g/mol. The van der Waals surface area contributed by atoms with Crippen molar-refractivity contribution in [2.45, 2.75) is 33.6 Å². The molecular formula is C15H20N2O4. The number of urea groups is 1. The molecule has 0 aromatic heterocycles. The van der Waals surface area contributed by atoms with E-state index in [4.69, 9.17) is 5.11 Å². The van der Waals surface area contributed by atoms with Gasteiger partial charge in [-0.25, -0.2) is 4.79 Å². The number of carbonyl (C=O) groups excluding carboxylic acids is 2. The molecule has 114 valence electrons. The number of hydrogen-bond donors (Lipinski definition) is 3. The third kappa shape index (κ3) is 6.07. The minimum atomic E-state index is -0.963. The Labute approximate surface area is 123 Å². The monoisotopic (exact) mass is 292 g/mol. The van der Waals surface area contributed by atoms with Crippen LogP contribution in [0.3, 0.4) is 0 Å². The van der Waals surface area contributed by atoms with E-state index in [0.717, 1.165) is 11.1 Å². The highest BCUT2D eigenvalue weighted by Gasteiger charge is 2.15. The molecule has 0 aliphatic rings. The van der Waals surface area contributed by atoms with E-state index < -0.39 is 17.9 Å². The smallest absolute Gasteiger partial charge is 0.325 e. The number of hydrogen-bond acceptors (Lipinski definition) is 3. The number of benzene rings is 1. The van der Waals surface area contributed by atoms with E-state index in [2.05, 4.69) is 10.6 Å². The lowest BCUT2D eigenvalue weighted by Gasteiger charge is -2.11. The number of nitrogens with one attached hydrogen (secondary N) is 2. The van der Waals surface area contributed by atoms with Gasteiger partial charge in [-0.2, -0.15) is 0 Å². The van der Waals surface area contributed by atoms with Crippen molar-refractivity contribution >= 4 is 23.6 Å². The van der Waals surface area contributed by atoms with Gasteiger partial charge in [-0.3, -0.25) is 14.9 Å². The van der Waals surface area contributed by atoms with E-state index in [9.17, 15) is 14.4 Å². The van der Waals surface area contributed by atoms with Gasteiger partial charge in [0.25, 0.3) is 0 Å². The molecule has 1 rings (SSSR count). The normalized spacial score (nSPS) is 11.6. The molecule has 0 saturated heterocycles. The van der Waals surface area contributed by atoms with Crippen LogP contribution in [0.1, 0.15) is 30.9 Å². The highest BCUT2D eigenvalue weighted by atomic mass is 16.4. The molecule has 6 heteroatoms. The Morgan fingerprint density at radius 2 is 1.86 bits per heavy atom. The number of carboxylic acid groups (broad SMARTS) is 1. The molecule has 1 aromatic carbocycles. The van der Waals surface area contributed by atoms with Gasteiger partial charge in [0.05, 0.1) is 0 Å². The maximum Gasteiger partial charge on any atom is 0.325 e. The van der Waals surface area contributed by atoms with Gasteiger partial charge in [-0.05, 0) is 31.4 Å². The molecule has 0 heterocycles. The van der Waals surface area contributed by atoms with E-state index in [1.54, 1.807) is 13.0 Å². The van der Waals surface area contributed by atoms with Gasteiger partial charge in [0, 0.05) is 18.5 Å². The molecule has 3 amide bonds. The zero-order chi connectivity index (χ0) is 16.0. The molecule has 6 nitrogen and oxygen atoms in total. The highest BCUT2D eigenvalue weighted by Crippen LogP contribution is 2.15. The first kappa shape index (κ1) is 16.7. The Bertz CT molecular complexity index is 555. The number of aliphatic carboxylic acids is 1. The van der Waals surface area contributed by atoms with Gasteiger partial charge >= 0.3 is 12.0 Å². The first-order chi connectivity index (χ1) is 9.77. The van der Waals surface area contributed by atoms with Gasteiger partial charge in [0.15, 0.2) is 0 Å². The Morgan fingerprint density at radius 1 is 1.19 bits per heavy atom. The second-order valence-corrected chi connectivity index (χ2v) is 5.23. The second kappa shape index (κ2) is 7.42. The van der Waals surface area contributed by atoms with Crippen LogP contribution in [-0.4, -0.2) is 23.0 Å². The van der Waals surface area contributed by atoms with Gasteiger partial charge in [-0.1, -0.05) is 24.6 Å². The molecule has 1 atom stereocenters. The molecule has 0 fully saturated rings. The molecule has 0 aliphatic carbocycles. The maximum atomic E-state index is 11.7. The van der Waals surface area contributed by atoms with E-state index >= 15 is 0 Å². The number of rotatable bonds is 5. The van der Waals surface area contributed by atoms with Crippen LogP contribution in [0, 0.1) is 19.8 Å². The third-order valence-electron chi connectivity index (χ3n) is 2.94. The number of aryl methyl sites for hydroxylation is 2. The fourth-order valence-corrected chi connectivity index (χ4v) is 1.97. The zero-order valence-corrected chi connectivity index (χ0v) is 12.4. The van der Waals surface area contributed by atoms with Crippen LogP contribution >= 0.6 is 0 Å². The fraction of sp³-hybridized carbons (Fsp3) is 0.400. The van der Waals surface area contributed by atoms with Gasteiger partial charge in [0.1, 0.15) is 0 Å². The van der Waals surface area contributed by atoms with Crippen molar-refractivity contribution < 1.29 is 19.5 Å². The van der Waals surface area contributed by atoms with Crippen LogP contribution in [0.5, 0.6) is 0 Å². The number of carbonyl (C=O) groups is 3. The standard InChI is InChI=1S/C15H20N2O4/c1-9-4-5-12(11(3)6-9)16-15(21)17-13(18)7-10(2)8-14(19)20/h4-6,10H,7-8H2,1-3H3,(H,19,20)(H2,16,17,18,21). The van der Waals surface area contributed by atoms with Crippen LogP contribution in [0.25, 0.3) is 0 Å². The molecule has 1 aromatic rings. The highest BCUT2D eigenvalue weighted by molar-refractivity contribution is 6.01. The Hall–Kier alpha value is -2.37.